The van der Waals surface area contributed by atoms with E-state index in [1.807, 2.05) is 31.2 Å². The van der Waals surface area contributed by atoms with Crippen LogP contribution in [-0.2, 0) is 9.59 Å². The number of halogens is 1. The van der Waals surface area contributed by atoms with Gasteiger partial charge in [-0.05, 0) is 66.7 Å². The van der Waals surface area contributed by atoms with Gasteiger partial charge in [0, 0.05) is 23.1 Å². The highest BCUT2D eigenvalue weighted by molar-refractivity contribution is 9.10. The first-order valence-electron chi connectivity index (χ1n) is 9.56. The molecule has 138 valence electrons. The smallest absolute Gasteiger partial charge is 0.228 e. The Bertz CT molecular complexity index is 739. The summed E-state index contributed by atoms with van der Waals surface area (Å²) >= 11 is 3.42. The lowest BCUT2D eigenvalue weighted by Crippen LogP contribution is -2.39. The predicted molar refractivity (Wildman–Crippen MR) is 105 cm³/mol. The lowest BCUT2D eigenvalue weighted by molar-refractivity contribution is -0.124. The summed E-state index contributed by atoms with van der Waals surface area (Å²) in [7, 11) is 0. The van der Waals surface area contributed by atoms with Gasteiger partial charge in [-0.2, -0.15) is 0 Å². The van der Waals surface area contributed by atoms with Crippen molar-refractivity contribution in [3.63, 3.8) is 0 Å². The fourth-order valence-corrected chi connectivity index (χ4v) is 5.37. The molecule has 2 amide bonds. The highest BCUT2D eigenvalue weighted by Gasteiger charge is 2.68. The molecular formula is C21H25BrN2O2. The van der Waals surface area contributed by atoms with Crippen molar-refractivity contribution in [2.45, 2.75) is 32.6 Å². The van der Waals surface area contributed by atoms with E-state index in [1.165, 1.54) is 12.8 Å². The summed E-state index contributed by atoms with van der Waals surface area (Å²) in [6, 6.07) is 7.69. The lowest BCUT2D eigenvalue weighted by Gasteiger charge is -2.27. The van der Waals surface area contributed by atoms with E-state index in [0.717, 1.165) is 16.6 Å². The first kappa shape index (κ1) is 17.8. The number of hydrogen-bond donors (Lipinski definition) is 2. The number of benzene rings is 1. The molecule has 0 unspecified atom stereocenters. The van der Waals surface area contributed by atoms with E-state index in [4.69, 9.17) is 0 Å². The Labute approximate surface area is 162 Å². The molecule has 0 aliphatic heterocycles. The SMILES string of the molecule is CCCC(=O)NC[C@H]1[C@H](C(=O)Nc2ccc(Br)cc2)[C@@H]2C=C[C@H]1C21CC1. The summed E-state index contributed by atoms with van der Waals surface area (Å²) in [6.45, 7) is 2.61. The Kier molecular flexibility index (Phi) is 4.68. The number of carbonyl (C=O) groups excluding carboxylic acids is 2. The third-order valence-corrected chi connectivity index (χ3v) is 6.95. The van der Waals surface area contributed by atoms with Crippen LogP contribution in [0.25, 0.3) is 0 Å². The van der Waals surface area contributed by atoms with E-state index in [-0.39, 0.29) is 23.7 Å². The highest BCUT2D eigenvalue weighted by atomic mass is 79.9. The Balaban J connectivity index is 1.50. The summed E-state index contributed by atoms with van der Waals surface area (Å²) in [5.41, 5.74) is 1.12. The van der Waals surface area contributed by atoms with Crippen molar-refractivity contribution in [1.82, 2.24) is 5.32 Å². The maximum absolute atomic E-state index is 13.1. The second kappa shape index (κ2) is 6.84. The van der Waals surface area contributed by atoms with Crippen LogP contribution in [0.3, 0.4) is 0 Å². The zero-order valence-corrected chi connectivity index (χ0v) is 16.6. The second-order valence-corrected chi connectivity index (χ2v) is 8.83. The van der Waals surface area contributed by atoms with Crippen LogP contribution in [0, 0.1) is 29.1 Å². The van der Waals surface area contributed by atoms with Crippen LogP contribution in [0.2, 0.25) is 0 Å². The number of hydrogen-bond acceptors (Lipinski definition) is 2. The van der Waals surface area contributed by atoms with Gasteiger partial charge in [0.2, 0.25) is 11.8 Å². The molecule has 1 aromatic carbocycles. The molecule has 1 aromatic rings. The number of rotatable bonds is 6. The summed E-state index contributed by atoms with van der Waals surface area (Å²) in [6.07, 6.45) is 8.37. The summed E-state index contributed by atoms with van der Waals surface area (Å²) < 4.78 is 0.992. The average Bonchev–Trinajstić information content (AvgIpc) is 3.29. The molecule has 2 bridgehead atoms. The van der Waals surface area contributed by atoms with E-state index in [2.05, 4.69) is 38.7 Å². The fourth-order valence-electron chi connectivity index (χ4n) is 5.11. The largest absolute Gasteiger partial charge is 0.356 e. The van der Waals surface area contributed by atoms with E-state index in [9.17, 15) is 9.59 Å². The highest BCUT2D eigenvalue weighted by Crippen LogP contribution is 2.71. The van der Waals surface area contributed by atoms with E-state index in [0.29, 0.717) is 30.2 Å². The van der Waals surface area contributed by atoms with E-state index in [1.54, 1.807) is 0 Å². The second-order valence-electron chi connectivity index (χ2n) is 7.91. The minimum absolute atomic E-state index is 0.0573. The van der Waals surface area contributed by atoms with Gasteiger partial charge >= 0.3 is 0 Å². The Hall–Kier alpha value is -1.62. The van der Waals surface area contributed by atoms with Crippen molar-refractivity contribution in [3.8, 4) is 0 Å². The van der Waals surface area contributed by atoms with Gasteiger partial charge in [-0.1, -0.05) is 35.0 Å². The van der Waals surface area contributed by atoms with Crippen LogP contribution in [0.1, 0.15) is 32.6 Å². The molecule has 2 saturated carbocycles. The molecule has 3 aliphatic rings. The summed E-state index contributed by atoms with van der Waals surface area (Å²) in [5.74, 6) is 1.06. The number of nitrogens with one attached hydrogen (secondary N) is 2. The lowest BCUT2D eigenvalue weighted by atomic mass is 9.82. The minimum Gasteiger partial charge on any atom is -0.356 e. The first-order valence-corrected chi connectivity index (χ1v) is 10.4. The van der Waals surface area contributed by atoms with Gasteiger partial charge in [0.25, 0.3) is 0 Å². The molecule has 0 aromatic heterocycles. The van der Waals surface area contributed by atoms with Crippen molar-refractivity contribution in [2.24, 2.45) is 29.1 Å². The molecule has 26 heavy (non-hydrogen) atoms. The Morgan fingerprint density at radius 2 is 1.85 bits per heavy atom. The quantitative estimate of drug-likeness (QED) is 0.684. The third kappa shape index (κ3) is 3.00. The zero-order chi connectivity index (χ0) is 18.3. The van der Waals surface area contributed by atoms with Crippen molar-refractivity contribution in [3.05, 3.63) is 40.9 Å². The number of amides is 2. The summed E-state index contributed by atoms with van der Waals surface area (Å²) in [5, 5.41) is 6.17. The van der Waals surface area contributed by atoms with Crippen LogP contribution in [0.4, 0.5) is 5.69 Å². The average molecular weight is 417 g/mol. The monoisotopic (exact) mass is 416 g/mol. The first-order chi connectivity index (χ1) is 12.5. The van der Waals surface area contributed by atoms with Crippen molar-refractivity contribution < 1.29 is 9.59 Å². The molecule has 3 aliphatic carbocycles. The van der Waals surface area contributed by atoms with Crippen molar-refractivity contribution in [2.75, 3.05) is 11.9 Å². The van der Waals surface area contributed by atoms with Crippen LogP contribution >= 0.6 is 15.9 Å². The topological polar surface area (TPSA) is 58.2 Å². The number of allylic oxidation sites excluding steroid dienone is 2. The standard InChI is InChI=1S/C21H25BrN2O2/c1-2-3-18(25)23-12-15-16-8-9-17(21(16)10-11-21)19(15)20(26)24-14-6-4-13(22)5-7-14/h4-9,15-17,19H,2-3,10-12H2,1H3,(H,23,25)(H,24,26)/t15-,16-,17+,19+/m1/s1. The number of carbonyl (C=O) groups is 2. The molecular weight excluding hydrogens is 392 g/mol. The van der Waals surface area contributed by atoms with Crippen LogP contribution < -0.4 is 10.6 Å². The van der Waals surface area contributed by atoms with Crippen LogP contribution in [-0.4, -0.2) is 18.4 Å². The van der Waals surface area contributed by atoms with Gasteiger partial charge in [-0.3, -0.25) is 9.59 Å². The third-order valence-electron chi connectivity index (χ3n) is 6.42. The maximum atomic E-state index is 13.1. The maximum Gasteiger partial charge on any atom is 0.228 e. The molecule has 2 fully saturated rings. The molecule has 5 heteroatoms. The summed E-state index contributed by atoms with van der Waals surface area (Å²) in [4.78, 5) is 25.1. The fraction of sp³-hybridized carbons (Fsp3) is 0.524. The molecule has 0 saturated heterocycles. The van der Waals surface area contributed by atoms with Crippen molar-refractivity contribution >= 4 is 33.4 Å². The van der Waals surface area contributed by atoms with Crippen LogP contribution in [0.15, 0.2) is 40.9 Å². The van der Waals surface area contributed by atoms with Crippen molar-refractivity contribution in [1.29, 1.82) is 0 Å². The normalized spacial score (nSPS) is 29.8. The molecule has 1 spiro atoms. The zero-order valence-electron chi connectivity index (χ0n) is 15.0. The van der Waals surface area contributed by atoms with Gasteiger partial charge in [-0.25, -0.2) is 0 Å². The molecule has 0 radical (unpaired) electrons. The minimum atomic E-state index is -0.0573. The van der Waals surface area contributed by atoms with Gasteiger partial charge in [-0.15, -0.1) is 0 Å². The Morgan fingerprint density at radius 3 is 2.50 bits per heavy atom. The molecule has 2 N–H and O–H groups in total. The van der Waals surface area contributed by atoms with E-state index >= 15 is 0 Å². The number of anilines is 1. The van der Waals surface area contributed by atoms with Gasteiger partial charge in [0.05, 0.1) is 5.92 Å². The predicted octanol–water partition coefficient (Wildman–Crippen LogP) is 4.13. The van der Waals surface area contributed by atoms with Gasteiger partial charge in [0.15, 0.2) is 0 Å². The van der Waals surface area contributed by atoms with Gasteiger partial charge < -0.3 is 10.6 Å². The molecule has 4 atom stereocenters. The Morgan fingerprint density at radius 1 is 1.15 bits per heavy atom. The molecule has 4 nitrogen and oxygen atoms in total. The molecule has 4 rings (SSSR count). The van der Waals surface area contributed by atoms with E-state index < -0.39 is 0 Å². The van der Waals surface area contributed by atoms with Gasteiger partial charge in [0.1, 0.15) is 0 Å². The van der Waals surface area contributed by atoms with Crippen LogP contribution in [0.5, 0.6) is 0 Å². The molecule has 0 heterocycles.